The molecule has 3 N–H and O–H groups in total. The molecule has 1 aliphatic carbocycles. The number of sulfone groups is 1. The molecule has 0 spiro atoms. The molecule has 24 heavy (non-hydrogen) atoms. The maximum Gasteiger partial charge on any atom is 0.293 e. The molecule has 0 aliphatic heterocycles. The number of aliphatic imine (C=N–C) groups is 1. The number of nitrogens with one attached hydrogen (secondary N) is 3. The van der Waals surface area contributed by atoms with Gasteiger partial charge in [0.15, 0.2) is 15.8 Å². The fourth-order valence-electron chi connectivity index (χ4n) is 2.04. The molecule has 132 valence electrons. The third-order valence-corrected chi connectivity index (χ3v) is 4.58. The minimum atomic E-state index is -3.49. The number of hydrogen-bond acceptors (Lipinski definition) is 6. The molecule has 9 nitrogen and oxygen atoms in total. The Hall–Kier alpha value is -2.36. The number of anilines is 1. The maximum atomic E-state index is 11.5. The zero-order chi connectivity index (χ0) is 17.7. The van der Waals surface area contributed by atoms with Gasteiger partial charge in [-0.3, -0.25) is 15.1 Å². The molecule has 0 atom stereocenters. The van der Waals surface area contributed by atoms with Crippen LogP contribution < -0.4 is 16.0 Å². The van der Waals surface area contributed by atoms with Gasteiger partial charge in [0, 0.05) is 38.5 Å². The molecule has 0 unspecified atom stereocenters. The van der Waals surface area contributed by atoms with E-state index in [9.17, 15) is 18.5 Å². The van der Waals surface area contributed by atoms with E-state index >= 15 is 0 Å². The van der Waals surface area contributed by atoms with Gasteiger partial charge in [0.2, 0.25) is 0 Å². The van der Waals surface area contributed by atoms with Gasteiger partial charge >= 0.3 is 0 Å². The molecule has 0 amide bonds. The summed E-state index contributed by atoms with van der Waals surface area (Å²) in [4.78, 5) is 14.6. The molecule has 1 aliphatic rings. The van der Waals surface area contributed by atoms with Gasteiger partial charge in [0.1, 0.15) is 5.69 Å². The summed E-state index contributed by atoms with van der Waals surface area (Å²) in [5, 5.41) is 20.4. The number of guanidine groups is 1. The molecule has 0 radical (unpaired) electrons. The van der Waals surface area contributed by atoms with Crippen LogP contribution in [-0.2, 0) is 9.84 Å². The van der Waals surface area contributed by atoms with Crippen molar-refractivity contribution >= 4 is 27.2 Å². The maximum absolute atomic E-state index is 11.5. The Bertz CT molecular complexity index is 744. The predicted octanol–water partition coefficient (Wildman–Crippen LogP) is 0.738. The summed E-state index contributed by atoms with van der Waals surface area (Å²) >= 11 is 0. The second-order valence-corrected chi connectivity index (χ2v) is 7.57. The van der Waals surface area contributed by atoms with E-state index in [-0.39, 0.29) is 16.3 Å². The van der Waals surface area contributed by atoms with E-state index in [1.165, 1.54) is 12.1 Å². The van der Waals surface area contributed by atoms with E-state index in [2.05, 4.69) is 20.9 Å². The molecule has 0 bridgehead atoms. The fraction of sp³-hybridized carbons (Fsp3) is 0.500. The summed E-state index contributed by atoms with van der Waals surface area (Å²) in [5.74, 6) is 0.696. The molecular formula is C14H21N5O4S. The Labute approximate surface area is 140 Å². The van der Waals surface area contributed by atoms with E-state index in [0.29, 0.717) is 25.1 Å². The molecule has 1 aromatic rings. The lowest BCUT2D eigenvalue weighted by molar-refractivity contribution is -0.384. The molecule has 2 rings (SSSR count). The van der Waals surface area contributed by atoms with Crippen LogP contribution in [0.2, 0.25) is 0 Å². The molecule has 1 saturated carbocycles. The third kappa shape index (κ3) is 5.08. The molecule has 1 fully saturated rings. The smallest absolute Gasteiger partial charge is 0.293 e. The highest BCUT2D eigenvalue weighted by atomic mass is 32.2. The molecule has 0 aromatic heterocycles. The van der Waals surface area contributed by atoms with Crippen LogP contribution in [0.4, 0.5) is 11.4 Å². The first-order valence-corrected chi connectivity index (χ1v) is 9.40. The van der Waals surface area contributed by atoms with Gasteiger partial charge in [-0.15, -0.1) is 0 Å². The molecule has 0 heterocycles. The predicted molar refractivity (Wildman–Crippen MR) is 92.2 cm³/mol. The van der Waals surface area contributed by atoms with Gasteiger partial charge in [-0.2, -0.15) is 0 Å². The van der Waals surface area contributed by atoms with E-state index in [1.807, 2.05) is 0 Å². The van der Waals surface area contributed by atoms with Gasteiger partial charge in [-0.1, -0.05) is 0 Å². The first-order chi connectivity index (χ1) is 11.3. The quantitative estimate of drug-likeness (QED) is 0.216. The van der Waals surface area contributed by atoms with Crippen LogP contribution in [-0.4, -0.2) is 51.7 Å². The van der Waals surface area contributed by atoms with E-state index in [1.54, 1.807) is 7.05 Å². The summed E-state index contributed by atoms with van der Waals surface area (Å²) in [6, 6.07) is 4.31. The number of nitro benzene ring substituents is 1. The minimum Gasteiger partial charge on any atom is -0.378 e. The van der Waals surface area contributed by atoms with Crippen molar-refractivity contribution in [3.05, 3.63) is 28.3 Å². The van der Waals surface area contributed by atoms with Crippen LogP contribution in [0.15, 0.2) is 28.1 Å². The van der Waals surface area contributed by atoms with Crippen LogP contribution in [0, 0.1) is 10.1 Å². The van der Waals surface area contributed by atoms with Crippen molar-refractivity contribution < 1.29 is 13.3 Å². The number of hydrogen-bond donors (Lipinski definition) is 3. The standard InChI is InChI=1S/C14H21N5O4S/c1-15-14(18-10-3-4-10)17-8-7-16-12-6-5-11(24(2,22)23)9-13(12)19(20)21/h5-6,9-10,16H,3-4,7-8H2,1-2H3,(H2,15,17,18). The highest BCUT2D eigenvalue weighted by molar-refractivity contribution is 7.90. The highest BCUT2D eigenvalue weighted by Crippen LogP contribution is 2.27. The van der Waals surface area contributed by atoms with Gasteiger partial charge in [0.25, 0.3) is 5.69 Å². The Balaban J connectivity index is 1.95. The molecule has 0 saturated heterocycles. The Morgan fingerprint density at radius 2 is 2.08 bits per heavy atom. The Morgan fingerprint density at radius 1 is 1.38 bits per heavy atom. The molecule has 1 aromatic carbocycles. The van der Waals surface area contributed by atoms with Crippen molar-refractivity contribution in [3.8, 4) is 0 Å². The van der Waals surface area contributed by atoms with Crippen LogP contribution in [0.1, 0.15) is 12.8 Å². The largest absolute Gasteiger partial charge is 0.378 e. The number of nitrogens with zero attached hydrogens (tertiary/aromatic N) is 2. The fourth-order valence-corrected chi connectivity index (χ4v) is 2.68. The van der Waals surface area contributed by atoms with Crippen molar-refractivity contribution in [3.63, 3.8) is 0 Å². The topological polar surface area (TPSA) is 126 Å². The summed E-state index contributed by atoms with van der Waals surface area (Å²) in [6.07, 6.45) is 3.29. The number of benzene rings is 1. The first kappa shape index (κ1) is 18.0. The van der Waals surface area contributed by atoms with Gasteiger partial charge < -0.3 is 16.0 Å². The number of rotatable bonds is 7. The van der Waals surface area contributed by atoms with Crippen molar-refractivity contribution in [2.45, 2.75) is 23.8 Å². The average Bonchev–Trinajstić information content (AvgIpc) is 3.33. The van der Waals surface area contributed by atoms with Crippen molar-refractivity contribution in [1.29, 1.82) is 0 Å². The molecule has 10 heteroatoms. The average molecular weight is 355 g/mol. The van der Waals surface area contributed by atoms with Gasteiger partial charge in [-0.25, -0.2) is 8.42 Å². The van der Waals surface area contributed by atoms with Crippen LogP contribution in [0.3, 0.4) is 0 Å². The summed E-state index contributed by atoms with van der Waals surface area (Å²) in [6.45, 7) is 0.932. The van der Waals surface area contributed by atoms with Crippen LogP contribution >= 0.6 is 0 Å². The van der Waals surface area contributed by atoms with E-state index in [0.717, 1.165) is 25.2 Å². The monoisotopic (exact) mass is 355 g/mol. The SMILES string of the molecule is CN=C(NCCNc1ccc(S(C)(=O)=O)cc1[N+](=O)[O-])NC1CC1. The van der Waals surface area contributed by atoms with Crippen molar-refractivity contribution in [1.82, 2.24) is 10.6 Å². The van der Waals surface area contributed by atoms with Crippen molar-refractivity contribution in [2.75, 3.05) is 31.7 Å². The lowest BCUT2D eigenvalue weighted by Crippen LogP contribution is -2.40. The van der Waals surface area contributed by atoms with E-state index < -0.39 is 14.8 Å². The number of nitro groups is 1. The van der Waals surface area contributed by atoms with Gasteiger partial charge in [-0.05, 0) is 25.0 Å². The van der Waals surface area contributed by atoms with E-state index in [4.69, 9.17) is 0 Å². The summed E-state index contributed by atoms with van der Waals surface area (Å²) in [5.41, 5.74) is 0.0118. The lowest BCUT2D eigenvalue weighted by Gasteiger charge is -2.12. The van der Waals surface area contributed by atoms with Gasteiger partial charge in [0.05, 0.1) is 9.82 Å². The first-order valence-electron chi connectivity index (χ1n) is 7.51. The zero-order valence-corrected chi connectivity index (χ0v) is 14.4. The lowest BCUT2D eigenvalue weighted by atomic mass is 10.2. The second-order valence-electron chi connectivity index (χ2n) is 5.55. The normalized spacial score (nSPS) is 15.0. The summed E-state index contributed by atoms with van der Waals surface area (Å²) < 4.78 is 23.0. The Kier molecular flexibility index (Phi) is 5.60. The van der Waals surface area contributed by atoms with Crippen LogP contribution in [0.25, 0.3) is 0 Å². The third-order valence-electron chi connectivity index (χ3n) is 3.47. The second kappa shape index (κ2) is 7.47. The Morgan fingerprint density at radius 3 is 2.62 bits per heavy atom. The highest BCUT2D eigenvalue weighted by Gasteiger charge is 2.22. The zero-order valence-electron chi connectivity index (χ0n) is 13.6. The minimum absolute atomic E-state index is 0.0769. The van der Waals surface area contributed by atoms with Crippen LogP contribution in [0.5, 0.6) is 0 Å². The molecular weight excluding hydrogens is 334 g/mol. The van der Waals surface area contributed by atoms with Crippen molar-refractivity contribution in [2.24, 2.45) is 4.99 Å². The summed E-state index contributed by atoms with van der Waals surface area (Å²) in [7, 11) is -1.81.